The van der Waals surface area contributed by atoms with Gasteiger partial charge in [-0.05, 0) is 87.1 Å². The number of sulfonamides is 1. The molecule has 39 heavy (non-hydrogen) atoms. The van der Waals surface area contributed by atoms with Crippen molar-refractivity contribution in [2.24, 2.45) is 11.8 Å². The second-order valence-corrected chi connectivity index (χ2v) is 13.7. The minimum absolute atomic E-state index is 0.0425. The number of piperidine rings is 1. The molecule has 1 atom stereocenters. The number of halogens is 1. The van der Waals surface area contributed by atoms with E-state index < -0.39 is 10.0 Å². The normalized spacial score (nSPS) is 22.7. The van der Waals surface area contributed by atoms with Crippen LogP contribution in [0.2, 0.25) is 5.02 Å². The van der Waals surface area contributed by atoms with Crippen molar-refractivity contribution in [1.82, 2.24) is 9.21 Å². The minimum Gasteiger partial charge on any atom is -0.368 e. The molecule has 208 valence electrons. The van der Waals surface area contributed by atoms with Gasteiger partial charge in [-0.1, -0.05) is 11.6 Å². The van der Waals surface area contributed by atoms with Gasteiger partial charge in [0.15, 0.2) is 0 Å². The standard InChI is InChI=1S/C29H35ClN4O4S/c1-20-18-23-19-26(8-9-27(23)34(20)29(36)21-2-3-21)39(37,38)33-12-10-22(11-13-33)28(35)32-16-14-31(15-17-32)25-6-4-24(30)5-7-25/h4-9,19-22H,2-3,10-18H2,1H3/t20-/m0/s1. The molecule has 1 saturated carbocycles. The van der Waals surface area contributed by atoms with E-state index in [0.717, 1.165) is 42.9 Å². The zero-order valence-corrected chi connectivity index (χ0v) is 23.8. The summed E-state index contributed by atoms with van der Waals surface area (Å²) in [6.45, 7) is 5.55. The molecule has 2 aromatic carbocycles. The lowest BCUT2D eigenvalue weighted by atomic mass is 9.96. The van der Waals surface area contributed by atoms with Crippen LogP contribution in [0.1, 0.15) is 38.2 Å². The maximum Gasteiger partial charge on any atom is 0.243 e. The van der Waals surface area contributed by atoms with Gasteiger partial charge in [0.1, 0.15) is 0 Å². The van der Waals surface area contributed by atoms with Crippen molar-refractivity contribution in [3.8, 4) is 0 Å². The molecule has 3 heterocycles. The summed E-state index contributed by atoms with van der Waals surface area (Å²) in [7, 11) is -3.67. The third-order valence-corrected chi connectivity index (χ3v) is 10.8. The summed E-state index contributed by atoms with van der Waals surface area (Å²) in [5.74, 6) is 0.268. The molecule has 6 rings (SSSR count). The summed E-state index contributed by atoms with van der Waals surface area (Å²) in [6.07, 6.45) is 3.62. The second kappa shape index (κ2) is 10.4. The SMILES string of the molecule is C[C@H]1Cc2cc(S(=O)(=O)N3CCC(C(=O)N4CCN(c5ccc(Cl)cc5)CC4)CC3)ccc2N1C(=O)C1CC1. The van der Waals surface area contributed by atoms with E-state index in [1.54, 1.807) is 18.2 Å². The van der Waals surface area contributed by atoms with Crippen LogP contribution in [0.15, 0.2) is 47.4 Å². The number of carbonyl (C=O) groups excluding carboxylic acids is 2. The number of piperazine rings is 1. The number of nitrogens with zero attached hydrogens (tertiary/aromatic N) is 4. The van der Waals surface area contributed by atoms with Crippen molar-refractivity contribution in [2.45, 2.75) is 50.0 Å². The molecule has 0 unspecified atom stereocenters. The predicted molar refractivity (Wildman–Crippen MR) is 152 cm³/mol. The summed E-state index contributed by atoms with van der Waals surface area (Å²) < 4.78 is 28.5. The Hall–Kier alpha value is -2.62. The van der Waals surface area contributed by atoms with Gasteiger partial charge >= 0.3 is 0 Å². The highest BCUT2D eigenvalue weighted by Crippen LogP contribution is 2.40. The number of benzene rings is 2. The van der Waals surface area contributed by atoms with Gasteiger partial charge in [-0.2, -0.15) is 4.31 Å². The van der Waals surface area contributed by atoms with Gasteiger partial charge in [0.05, 0.1) is 4.90 Å². The molecule has 3 fully saturated rings. The highest BCUT2D eigenvalue weighted by molar-refractivity contribution is 7.89. The third kappa shape index (κ3) is 5.16. The average molecular weight is 571 g/mol. The lowest BCUT2D eigenvalue weighted by Crippen LogP contribution is -2.52. The highest BCUT2D eigenvalue weighted by atomic mass is 35.5. The monoisotopic (exact) mass is 570 g/mol. The van der Waals surface area contributed by atoms with Gasteiger partial charge in [0, 0.05) is 73.5 Å². The fourth-order valence-electron chi connectivity index (χ4n) is 6.22. The Morgan fingerprint density at radius 3 is 2.10 bits per heavy atom. The van der Waals surface area contributed by atoms with E-state index in [4.69, 9.17) is 11.6 Å². The fourth-order valence-corrected chi connectivity index (χ4v) is 7.86. The molecule has 2 saturated heterocycles. The summed E-state index contributed by atoms with van der Waals surface area (Å²) >= 11 is 6.00. The quantitative estimate of drug-likeness (QED) is 0.546. The Morgan fingerprint density at radius 2 is 1.46 bits per heavy atom. The summed E-state index contributed by atoms with van der Waals surface area (Å²) in [6, 6.07) is 13.0. The Kier molecular flexibility index (Phi) is 7.10. The molecule has 1 aliphatic carbocycles. The lowest BCUT2D eigenvalue weighted by Gasteiger charge is -2.39. The van der Waals surface area contributed by atoms with Gasteiger partial charge in [-0.3, -0.25) is 9.59 Å². The van der Waals surface area contributed by atoms with Crippen LogP contribution in [0.4, 0.5) is 11.4 Å². The van der Waals surface area contributed by atoms with E-state index >= 15 is 0 Å². The number of amides is 2. The average Bonchev–Trinajstić information content (AvgIpc) is 3.75. The summed E-state index contributed by atoms with van der Waals surface area (Å²) in [4.78, 5) is 32.3. The van der Waals surface area contributed by atoms with E-state index in [0.29, 0.717) is 50.5 Å². The van der Waals surface area contributed by atoms with Crippen molar-refractivity contribution in [2.75, 3.05) is 49.1 Å². The van der Waals surface area contributed by atoms with Gasteiger partial charge in [-0.25, -0.2) is 8.42 Å². The van der Waals surface area contributed by atoms with Crippen LogP contribution in [-0.4, -0.2) is 74.7 Å². The van der Waals surface area contributed by atoms with E-state index in [1.165, 1.54) is 4.31 Å². The Labute approximate surface area is 235 Å². The zero-order chi connectivity index (χ0) is 27.3. The molecule has 10 heteroatoms. The molecule has 0 aromatic heterocycles. The second-order valence-electron chi connectivity index (χ2n) is 11.3. The molecule has 4 aliphatic rings. The molecular weight excluding hydrogens is 536 g/mol. The number of anilines is 2. The fraction of sp³-hybridized carbons (Fsp3) is 0.517. The zero-order valence-electron chi connectivity index (χ0n) is 22.3. The smallest absolute Gasteiger partial charge is 0.243 e. The number of hydrogen-bond donors (Lipinski definition) is 0. The van der Waals surface area contributed by atoms with Crippen LogP contribution in [0, 0.1) is 11.8 Å². The molecule has 3 aliphatic heterocycles. The maximum atomic E-state index is 13.5. The number of rotatable bonds is 5. The first kappa shape index (κ1) is 26.6. The molecule has 0 radical (unpaired) electrons. The molecule has 2 aromatic rings. The van der Waals surface area contributed by atoms with Crippen LogP contribution in [-0.2, 0) is 26.0 Å². The van der Waals surface area contributed by atoms with Crippen molar-refractivity contribution in [3.05, 3.63) is 53.1 Å². The van der Waals surface area contributed by atoms with Crippen LogP contribution in [0.25, 0.3) is 0 Å². The first-order valence-electron chi connectivity index (χ1n) is 14.0. The van der Waals surface area contributed by atoms with E-state index in [1.807, 2.05) is 41.0 Å². The van der Waals surface area contributed by atoms with Crippen molar-refractivity contribution in [3.63, 3.8) is 0 Å². The molecule has 0 N–H and O–H groups in total. The number of hydrogen-bond acceptors (Lipinski definition) is 5. The third-order valence-electron chi connectivity index (χ3n) is 8.65. The number of fused-ring (bicyclic) bond motifs is 1. The van der Waals surface area contributed by atoms with E-state index in [2.05, 4.69) is 4.90 Å². The number of carbonyl (C=O) groups is 2. The van der Waals surface area contributed by atoms with Gasteiger partial charge < -0.3 is 14.7 Å². The van der Waals surface area contributed by atoms with Gasteiger partial charge in [-0.15, -0.1) is 0 Å². The van der Waals surface area contributed by atoms with Crippen molar-refractivity contribution in [1.29, 1.82) is 0 Å². The minimum atomic E-state index is -3.67. The van der Waals surface area contributed by atoms with Crippen molar-refractivity contribution >= 4 is 44.8 Å². The van der Waals surface area contributed by atoms with Crippen LogP contribution in [0.5, 0.6) is 0 Å². The van der Waals surface area contributed by atoms with Crippen molar-refractivity contribution < 1.29 is 18.0 Å². The molecular formula is C29H35ClN4O4S. The summed E-state index contributed by atoms with van der Waals surface area (Å²) in [5, 5.41) is 0.707. The van der Waals surface area contributed by atoms with Gasteiger partial charge in [0.2, 0.25) is 21.8 Å². The Bertz CT molecular complexity index is 1360. The van der Waals surface area contributed by atoms with Gasteiger partial charge in [0.25, 0.3) is 0 Å². The molecule has 0 bridgehead atoms. The van der Waals surface area contributed by atoms with E-state index in [9.17, 15) is 18.0 Å². The molecule has 2 amide bonds. The van der Waals surface area contributed by atoms with Crippen LogP contribution in [0.3, 0.4) is 0 Å². The van der Waals surface area contributed by atoms with Crippen LogP contribution < -0.4 is 9.80 Å². The molecule has 0 spiro atoms. The summed E-state index contributed by atoms with van der Waals surface area (Å²) in [5.41, 5.74) is 2.87. The van der Waals surface area contributed by atoms with Crippen LogP contribution >= 0.6 is 11.6 Å². The largest absolute Gasteiger partial charge is 0.368 e. The predicted octanol–water partition coefficient (Wildman–Crippen LogP) is 3.78. The first-order valence-corrected chi connectivity index (χ1v) is 15.8. The topological polar surface area (TPSA) is 81.2 Å². The Balaban J connectivity index is 1.05. The maximum absolute atomic E-state index is 13.5. The highest BCUT2D eigenvalue weighted by Gasteiger charge is 2.40. The first-order chi connectivity index (χ1) is 18.7. The Morgan fingerprint density at radius 1 is 0.821 bits per heavy atom. The lowest BCUT2D eigenvalue weighted by molar-refractivity contribution is -0.137. The van der Waals surface area contributed by atoms with E-state index in [-0.39, 0.29) is 34.6 Å². The molecule has 8 nitrogen and oxygen atoms in total.